The first-order valence-electron chi connectivity index (χ1n) is 6.37. The molecule has 0 spiro atoms. The Hall–Kier alpha value is -0.150. The Kier molecular flexibility index (Phi) is 4.39. The third kappa shape index (κ3) is 3.42. The van der Waals surface area contributed by atoms with Gasteiger partial charge in [-0.25, -0.2) is 9.71 Å². The van der Waals surface area contributed by atoms with E-state index in [-0.39, 0.29) is 0 Å². The van der Waals surface area contributed by atoms with Gasteiger partial charge in [0.2, 0.25) is 0 Å². The Morgan fingerprint density at radius 1 is 1.07 bits per heavy atom. The van der Waals surface area contributed by atoms with Gasteiger partial charge < -0.3 is 0 Å². The van der Waals surface area contributed by atoms with Gasteiger partial charge in [0, 0.05) is 19.5 Å². The molecule has 0 N–H and O–H groups in total. The molecular formula is C12H22FN2+. The molecule has 3 aliphatic heterocycles. The van der Waals surface area contributed by atoms with E-state index in [9.17, 15) is 4.39 Å². The van der Waals surface area contributed by atoms with Crippen molar-refractivity contribution in [1.29, 1.82) is 0 Å². The van der Waals surface area contributed by atoms with E-state index in [0.717, 1.165) is 26.1 Å². The molecule has 2 atom stereocenters. The van der Waals surface area contributed by atoms with Gasteiger partial charge in [-0.2, -0.15) is 4.90 Å². The van der Waals surface area contributed by atoms with E-state index in [1.165, 1.54) is 32.1 Å². The largest absolute Gasteiger partial charge is 0.242 e. The lowest BCUT2D eigenvalue weighted by Gasteiger charge is -2.21. The number of fused-ring (bicyclic) bond motifs is 1. The molecule has 15 heavy (non-hydrogen) atoms. The lowest BCUT2D eigenvalue weighted by molar-refractivity contribution is 0.254. The van der Waals surface area contributed by atoms with E-state index in [1.807, 2.05) is 0 Å². The molecule has 2 unspecified atom stereocenters. The maximum absolute atomic E-state index is 12.4. The molecule has 3 aliphatic rings. The molecule has 3 heterocycles. The van der Waals surface area contributed by atoms with Crippen LogP contribution >= 0.6 is 0 Å². The molecule has 3 saturated heterocycles. The summed E-state index contributed by atoms with van der Waals surface area (Å²) in [5, 5.41) is 4.27. The topological polar surface area (TPSA) is 20.0 Å². The minimum Gasteiger partial charge on any atom is -0.242 e. The number of hydrogen-bond acceptors (Lipinski definition) is 1. The molecule has 86 valence electrons. The smallest absolute Gasteiger partial charge is 0.159 e. The quantitative estimate of drug-likeness (QED) is 0.547. The molecule has 2 radical (unpaired) electrons. The van der Waals surface area contributed by atoms with Gasteiger partial charge >= 0.3 is 0 Å². The van der Waals surface area contributed by atoms with Crippen LogP contribution in [-0.4, -0.2) is 38.4 Å². The first kappa shape index (κ1) is 11.3. The Labute approximate surface area is 92.2 Å². The summed E-state index contributed by atoms with van der Waals surface area (Å²) in [5.41, 5.74) is 0. The van der Waals surface area contributed by atoms with Gasteiger partial charge in [0.05, 0.1) is 6.42 Å². The summed E-state index contributed by atoms with van der Waals surface area (Å²) in [5.74, 6) is 0. The van der Waals surface area contributed by atoms with Crippen molar-refractivity contribution in [3.8, 4) is 0 Å². The summed E-state index contributed by atoms with van der Waals surface area (Å²) >= 11 is 0. The highest BCUT2D eigenvalue weighted by molar-refractivity contribution is 4.97. The number of nitrogens with zero attached hydrogens (tertiary/aromatic N) is 2. The zero-order valence-electron chi connectivity index (χ0n) is 9.50. The molecular weight excluding hydrogens is 191 g/mol. The highest BCUT2D eigenvalue weighted by atomic mass is 19.1. The Morgan fingerprint density at radius 2 is 1.80 bits per heavy atom. The number of halogens is 1. The molecule has 0 aromatic rings. The van der Waals surface area contributed by atoms with Gasteiger partial charge in [-0.05, 0) is 12.8 Å². The van der Waals surface area contributed by atoms with Crippen LogP contribution in [0.3, 0.4) is 0 Å². The zero-order chi connectivity index (χ0) is 10.5. The number of alkyl halides is 1. The van der Waals surface area contributed by atoms with Crippen LogP contribution in [0.25, 0.3) is 0 Å². The third-order valence-electron chi connectivity index (χ3n) is 3.61. The van der Waals surface area contributed by atoms with Crippen molar-refractivity contribution in [3.05, 3.63) is 0 Å². The van der Waals surface area contributed by atoms with Crippen molar-refractivity contribution < 1.29 is 4.39 Å². The highest BCUT2D eigenvalue weighted by Crippen LogP contribution is 2.27. The fourth-order valence-corrected chi connectivity index (χ4v) is 2.54. The van der Waals surface area contributed by atoms with Crippen molar-refractivity contribution in [3.63, 3.8) is 0 Å². The van der Waals surface area contributed by atoms with Crippen LogP contribution in [0, 0.1) is 0 Å². The summed E-state index contributed by atoms with van der Waals surface area (Å²) in [6.45, 7) is 4.11. The van der Waals surface area contributed by atoms with Crippen LogP contribution in [-0.2, 0) is 0 Å². The van der Waals surface area contributed by atoms with E-state index in [0.29, 0.717) is 12.6 Å². The summed E-state index contributed by atoms with van der Waals surface area (Å²) in [7, 11) is 0. The van der Waals surface area contributed by atoms with Crippen LogP contribution < -0.4 is 10.2 Å². The van der Waals surface area contributed by atoms with Crippen LogP contribution in [0.1, 0.15) is 38.5 Å². The number of rotatable bonds is 0. The first-order chi connectivity index (χ1) is 7.36. The molecule has 2 nitrogen and oxygen atoms in total. The lowest BCUT2D eigenvalue weighted by atomic mass is 10.1. The van der Waals surface area contributed by atoms with E-state index in [1.54, 1.807) is 0 Å². The number of hydrogen-bond donors (Lipinski definition) is 0. The molecule has 0 aromatic heterocycles. The van der Waals surface area contributed by atoms with Gasteiger partial charge in [0.1, 0.15) is 12.6 Å². The van der Waals surface area contributed by atoms with Crippen molar-refractivity contribution in [2.45, 2.75) is 50.7 Å². The lowest BCUT2D eigenvalue weighted by Crippen LogP contribution is -2.47. The van der Waals surface area contributed by atoms with E-state index < -0.39 is 6.17 Å². The zero-order valence-corrected chi connectivity index (χ0v) is 9.50. The average Bonchev–Trinajstić information content (AvgIpc) is 2.53. The van der Waals surface area contributed by atoms with Crippen molar-refractivity contribution in [2.75, 3.05) is 26.2 Å². The molecule has 0 aromatic carbocycles. The summed E-state index contributed by atoms with van der Waals surface area (Å²) in [6, 6.07) is 0.630. The second-order valence-electron chi connectivity index (χ2n) is 4.86. The molecule has 0 bridgehead atoms. The molecule has 0 amide bonds. The monoisotopic (exact) mass is 213 g/mol. The van der Waals surface area contributed by atoms with Crippen LogP contribution in [0.2, 0.25) is 0 Å². The Bertz CT molecular complexity index is 155. The van der Waals surface area contributed by atoms with E-state index in [4.69, 9.17) is 0 Å². The standard InChI is InChI=1S/C6H10FN.C6H12N/c7-5-3-6-1-2-8(6)4-5;1-2-4-6-7-5-3-1/h5-6H,1-4H2;1-6H2/q+1;. The third-order valence-corrected chi connectivity index (χ3v) is 3.61. The molecule has 3 fully saturated rings. The molecule has 3 heteroatoms. The maximum atomic E-state index is 12.4. The van der Waals surface area contributed by atoms with E-state index >= 15 is 0 Å². The second-order valence-corrected chi connectivity index (χ2v) is 4.86. The minimum atomic E-state index is -0.512. The highest BCUT2D eigenvalue weighted by Gasteiger charge is 2.47. The SMILES string of the molecule is C1CCC[N]CC1.FC1CC2CC[N+]2C1. The van der Waals surface area contributed by atoms with Crippen molar-refractivity contribution in [2.24, 2.45) is 0 Å². The molecule has 0 aliphatic carbocycles. The van der Waals surface area contributed by atoms with E-state index in [2.05, 4.69) is 10.2 Å². The van der Waals surface area contributed by atoms with Gasteiger partial charge in [0.15, 0.2) is 12.7 Å². The van der Waals surface area contributed by atoms with Gasteiger partial charge in [-0.1, -0.05) is 12.8 Å². The maximum Gasteiger partial charge on any atom is 0.159 e. The van der Waals surface area contributed by atoms with Crippen LogP contribution in [0.15, 0.2) is 0 Å². The average molecular weight is 213 g/mol. The predicted octanol–water partition coefficient (Wildman–Crippen LogP) is 1.81. The fourth-order valence-electron chi connectivity index (χ4n) is 2.54. The van der Waals surface area contributed by atoms with Crippen LogP contribution in [0.5, 0.6) is 0 Å². The Balaban J connectivity index is 0.000000115. The minimum absolute atomic E-state index is 0.512. The fraction of sp³-hybridized carbons (Fsp3) is 1.00. The van der Waals surface area contributed by atoms with Crippen molar-refractivity contribution in [1.82, 2.24) is 10.2 Å². The van der Waals surface area contributed by atoms with Gasteiger partial charge in [-0.15, -0.1) is 0 Å². The predicted molar refractivity (Wildman–Crippen MR) is 60.1 cm³/mol. The van der Waals surface area contributed by atoms with Gasteiger partial charge in [0.25, 0.3) is 0 Å². The second kappa shape index (κ2) is 5.80. The molecule has 3 rings (SSSR count). The normalized spacial score (nSPS) is 35.8. The Morgan fingerprint density at radius 3 is 2.20 bits per heavy atom. The van der Waals surface area contributed by atoms with Crippen LogP contribution in [0.4, 0.5) is 4.39 Å². The summed E-state index contributed by atoms with van der Waals surface area (Å²) < 4.78 is 12.4. The summed E-state index contributed by atoms with van der Waals surface area (Å²) in [4.78, 5) is 2.23. The summed E-state index contributed by atoms with van der Waals surface area (Å²) in [6.07, 6.45) is 7.01. The van der Waals surface area contributed by atoms with Crippen molar-refractivity contribution >= 4 is 0 Å². The van der Waals surface area contributed by atoms with Gasteiger partial charge in [-0.3, -0.25) is 0 Å². The molecule has 0 saturated carbocycles. The first-order valence-corrected chi connectivity index (χ1v) is 6.37.